The zero-order chi connectivity index (χ0) is 25.2. The van der Waals surface area contributed by atoms with Crippen LogP contribution in [0.2, 0.25) is 5.02 Å². The highest BCUT2D eigenvalue weighted by molar-refractivity contribution is 6.32. The summed E-state index contributed by atoms with van der Waals surface area (Å²) in [4.78, 5) is 12.5. The second-order valence-electron chi connectivity index (χ2n) is 7.33. The van der Waals surface area contributed by atoms with Crippen molar-refractivity contribution in [3.05, 3.63) is 82.1 Å². The molecular weight excluding hydrogens is 475 g/mol. The Kier molecular flexibility index (Phi) is 9.31. The summed E-state index contributed by atoms with van der Waals surface area (Å²) < 4.78 is 35.9. The van der Waals surface area contributed by atoms with Crippen LogP contribution >= 0.6 is 11.6 Å². The van der Waals surface area contributed by atoms with Gasteiger partial charge in [-0.15, -0.1) is 0 Å². The van der Waals surface area contributed by atoms with Crippen molar-refractivity contribution in [1.29, 1.82) is 0 Å². The van der Waals surface area contributed by atoms with Crippen molar-refractivity contribution in [3.63, 3.8) is 0 Å². The van der Waals surface area contributed by atoms with Crippen LogP contribution in [0.25, 0.3) is 0 Å². The van der Waals surface area contributed by atoms with Gasteiger partial charge in [0.25, 0.3) is 5.91 Å². The Morgan fingerprint density at radius 2 is 1.80 bits per heavy atom. The van der Waals surface area contributed by atoms with E-state index in [9.17, 15) is 9.18 Å². The number of nitrogens with one attached hydrogen (secondary N) is 1. The van der Waals surface area contributed by atoms with Gasteiger partial charge in [0.2, 0.25) is 0 Å². The van der Waals surface area contributed by atoms with E-state index in [2.05, 4.69) is 10.5 Å². The third-order valence-electron chi connectivity index (χ3n) is 4.85. The van der Waals surface area contributed by atoms with Gasteiger partial charge in [-0.1, -0.05) is 36.7 Å². The molecule has 1 N–H and O–H groups in total. The smallest absolute Gasteiger partial charge is 0.271 e. The Morgan fingerprint density at radius 3 is 2.51 bits per heavy atom. The number of carbonyl (C=O) groups excluding carboxylic acids is 1. The SMILES string of the molecule is CCCOc1ccc(C(=O)N/N=C/c2cc(Cl)c(OCc3ccccc3F)c(OC)c2)cc1OC. The van der Waals surface area contributed by atoms with Gasteiger partial charge in [-0.3, -0.25) is 4.79 Å². The Labute approximate surface area is 208 Å². The molecule has 3 aromatic rings. The topological polar surface area (TPSA) is 78.4 Å². The van der Waals surface area contributed by atoms with Crippen molar-refractivity contribution in [1.82, 2.24) is 5.43 Å². The van der Waals surface area contributed by atoms with Gasteiger partial charge in [0.15, 0.2) is 23.0 Å². The van der Waals surface area contributed by atoms with Gasteiger partial charge in [0, 0.05) is 11.1 Å². The second-order valence-corrected chi connectivity index (χ2v) is 7.73. The number of carbonyl (C=O) groups is 1. The van der Waals surface area contributed by atoms with Crippen LogP contribution < -0.4 is 24.4 Å². The van der Waals surface area contributed by atoms with Gasteiger partial charge in [0.1, 0.15) is 12.4 Å². The zero-order valence-corrected chi connectivity index (χ0v) is 20.4. The van der Waals surface area contributed by atoms with E-state index in [1.807, 2.05) is 6.92 Å². The predicted octanol–water partition coefficient (Wildman–Crippen LogP) is 5.63. The first kappa shape index (κ1) is 25.8. The Bertz CT molecular complexity index is 1200. The number of hydrogen-bond donors (Lipinski definition) is 1. The van der Waals surface area contributed by atoms with Crippen LogP contribution in [0, 0.1) is 5.82 Å². The Hall–Kier alpha value is -3.78. The molecule has 0 fully saturated rings. The third kappa shape index (κ3) is 6.86. The summed E-state index contributed by atoms with van der Waals surface area (Å²) in [5, 5.41) is 4.25. The van der Waals surface area contributed by atoms with E-state index in [4.69, 9.17) is 30.5 Å². The van der Waals surface area contributed by atoms with Gasteiger partial charge in [-0.25, -0.2) is 9.82 Å². The van der Waals surface area contributed by atoms with Crippen LogP contribution in [0.5, 0.6) is 23.0 Å². The van der Waals surface area contributed by atoms with E-state index in [-0.39, 0.29) is 23.2 Å². The summed E-state index contributed by atoms with van der Waals surface area (Å²) >= 11 is 6.37. The first-order valence-corrected chi connectivity index (χ1v) is 11.2. The minimum atomic E-state index is -0.426. The fourth-order valence-electron chi connectivity index (χ4n) is 3.09. The summed E-state index contributed by atoms with van der Waals surface area (Å²) in [6.45, 7) is 2.53. The molecule has 0 bridgehead atoms. The molecule has 0 radical (unpaired) electrons. The lowest BCUT2D eigenvalue weighted by atomic mass is 10.2. The fourth-order valence-corrected chi connectivity index (χ4v) is 3.36. The molecule has 3 rings (SSSR count). The molecule has 7 nitrogen and oxygen atoms in total. The van der Waals surface area contributed by atoms with Gasteiger partial charge < -0.3 is 18.9 Å². The van der Waals surface area contributed by atoms with Crippen molar-refractivity contribution in [2.24, 2.45) is 5.10 Å². The minimum Gasteiger partial charge on any atom is -0.493 e. The fraction of sp³-hybridized carbons (Fsp3) is 0.231. The molecule has 0 heterocycles. The highest BCUT2D eigenvalue weighted by atomic mass is 35.5. The van der Waals surface area contributed by atoms with Crippen LogP contribution in [0.4, 0.5) is 4.39 Å². The quantitative estimate of drug-likeness (QED) is 0.273. The monoisotopic (exact) mass is 500 g/mol. The Morgan fingerprint density at radius 1 is 1.03 bits per heavy atom. The number of methoxy groups -OCH3 is 2. The maximum atomic E-state index is 13.9. The molecule has 0 saturated carbocycles. The van der Waals surface area contributed by atoms with Crippen molar-refractivity contribution in [3.8, 4) is 23.0 Å². The highest BCUT2D eigenvalue weighted by Crippen LogP contribution is 2.36. The van der Waals surface area contributed by atoms with Crippen molar-refractivity contribution >= 4 is 23.7 Å². The molecule has 0 aromatic heterocycles. The molecule has 0 atom stereocenters. The molecule has 0 spiro atoms. The zero-order valence-electron chi connectivity index (χ0n) is 19.6. The van der Waals surface area contributed by atoms with E-state index >= 15 is 0 Å². The van der Waals surface area contributed by atoms with Gasteiger partial charge in [0.05, 0.1) is 32.1 Å². The average Bonchev–Trinajstić information content (AvgIpc) is 2.87. The molecule has 0 unspecified atom stereocenters. The summed E-state index contributed by atoms with van der Waals surface area (Å²) in [5.74, 6) is 0.837. The highest BCUT2D eigenvalue weighted by Gasteiger charge is 2.14. The number of hydrazone groups is 1. The predicted molar refractivity (Wildman–Crippen MR) is 133 cm³/mol. The lowest BCUT2D eigenvalue weighted by molar-refractivity contribution is 0.0954. The number of nitrogens with zero attached hydrogens (tertiary/aromatic N) is 1. The van der Waals surface area contributed by atoms with Crippen LogP contribution in [-0.4, -0.2) is 32.9 Å². The van der Waals surface area contributed by atoms with Gasteiger partial charge in [-0.2, -0.15) is 5.10 Å². The Balaban J connectivity index is 1.68. The molecule has 0 saturated heterocycles. The number of halogens is 2. The van der Waals surface area contributed by atoms with Gasteiger partial charge in [-0.05, 0) is 48.4 Å². The average molecular weight is 501 g/mol. The summed E-state index contributed by atoms with van der Waals surface area (Å²) in [5.41, 5.74) is 3.77. The lowest BCUT2D eigenvalue weighted by Crippen LogP contribution is -2.17. The second kappa shape index (κ2) is 12.6. The van der Waals surface area contributed by atoms with E-state index in [0.717, 1.165) is 6.42 Å². The minimum absolute atomic E-state index is 0.0159. The standard InChI is InChI=1S/C26H26ClFN2O5/c1-4-11-34-22-10-9-18(14-23(22)32-2)26(31)30-29-15-17-12-20(27)25(24(13-17)33-3)35-16-19-7-5-6-8-21(19)28/h5-10,12-15H,4,11,16H2,1-3H3,(H,30,31)/b29-15+. The molecule has 3 aromatic carbocycles. The maximum absolute atomic E-state index is 13.9. The molecule has 1 amide bonds. The number of ether oxygens (including phenoxy) is 4. The molecule has 9 heteroatoms. The van der Waals surface area contributed by atoms with Crippen LogP contribution in [0.1, 0.15) is 34.8 Å². The normalized spacial score (nSPS) is 10.8. The number of rotatable bonds is 11. The van der Waals surface area contributed by atoms with E-state index in [1.165, 1.54) is 26.5 Å². The third-order valence-corrected chi connectivity index (χ3v) is 5.13. The first-order chi connectivity index (χ1) is 17.0. The molecule has 0 aliphatic heterocycles. The summed E-state index contributed by atoms with van der Waals surface area (Å²) in [6, 6.07) is 14.4. The summed E-state index contributed by atoms with van der Waals surface area (Å²) in [6.07, 6.45) is 2.27. The van der Waals surface area contributed by atoms with E-state index < -0.39 is 5.91 Å². The van der Waals surface area contributed by atoms with E-state index in [1.54, 1.807) is 48.5 Å². The number of hydrogen-bond acceptors (Lipinski definition) is 6. The molecule has 0 aliphatic rings. The van der Waals surface area contributed by atoms with E-state index in [0.29, 0.717) is 40.5 Å². The van der Waals surface area contributed by atoms with Crippen molar-refractivity contribution < 1.29 is 28.1 Å². The van der Waals surface area contributed by atoms with Crippen molar-refractivity contribution in [2.45, 2.75) is 20.0 Å². The maximum Gasteiger partial charge on any atom is 0.271 e. The molecular formula is C26H26ClFN2O5. The first-order valence-electron chi connectivity index (χ1n) is 10.8. The van der Waals surface area contributed by atoms with Crippen LogP contribution in [0.3, 0.4) is 0 Å². The number of amides is 1. The molecule has 0 aliphatic carbocycles. The molecule has 184 valence electrons. The van der Waals surface area contributed by atoms with Crippen molar-refractivity contribution in [2.75, 3.05) is 20.8 Å². The van der Waals surface area contributed by atoms with Gasteiger partial charge >= 0.3 is 0 Å². The number of benzene rings is 3. The largest absolute Gasteiger partial charge is 0.493 e. The van der Waals surface area contributed by atoms with Crippen LogP contribution in [-0.2, 0) is 6.61 Å². The van der Waals surface area contributed by atoms with Crippen LogP contribution in [0.15, 0.2) is 59.7 Å². The summed E-state index contributed by atoms with van der Waals surface area (Å²) in [7, 11) is 2.97. The lowest BCUT2D eigenvalue weighted by Gasteiger charge is -2.13. The molecule has 35 heavy (non-hydrogen) atoms.